The summed E-state index contributed by atoms with van der Waals surface area (Å²) in [6.07, 6.45) is 0. The normalized spacial score (nSPS) is 15.9. The molecule has 1 saturated heterocycles. The molecule has 0 unspecified atom stereocenters. The zero-order valence-electron chi connectivity index (χ0n) is 16.5. The first-order chi connectivity index (χ1) is 14.6. The van der Waals surface area contributed by atoms with Crippen molar-refractivity contribution in [3.63, 3.8) is 0 Å². The van der Waals surface area contributed by atoms with Gasteiger partial charge in [-0.1, -0.05) is 72.1 Å². The van der Waals surface area contributed by atoms with Crippen LogP contribution in [0.5, 0.6) is 0 Å². The van der Waals surface area contributed by atoms with Gasteiger partial charge in [-0.2, -0.15) is 0 Å². The summed E-state index contributed by atoms with van der Waals surface area (Å²) in [5.41, 5.74) is 3.86. The number of hydrogen-bond acceptors (Lipinski definition) is 4. The van der Waals surface area contributed by atoms with Crippen LogP contribution in [0.4, 0.5) is 11.4 Å². The van der Waals surface area contributed by atoms with E-state index in [0.717, 1.165) is 25.2 Å². The summed E-state index contributed by atoms with van der Waals surface area (Å²) in [4.78, 5) is 29.4. The topological polar surface area (TPSA) is 40.6 Å². The largest absolute Gasteiger partial charge is 0.284 e. The van der Waals surface area contributed by atoms with Crippen molar-refractivity contribution in [1.29, 1.82) is 0 Å². The van der Waals surface area contributed by atoms with E-state index in [-0.39, 0.29) is 17.4 Å². The van der Waals surface area contributed by atoms with Crippen LogP contribution in [0.3, 0.4) is 0 Å². The average Bonchev–Trinajstić information content (AvgIpc) is 3.32. The molecule has 4 nitrogen and oxygen atoms in total. The van der Waals surface area contributed by atoms with E-state index in [4.69, 9.17) is 0 Å². The summed E-state index contributed by atoms with van der Waals surface area (Å²) in [6.45, 7) is 4.12. The summed E-state index contributed by atoms with van der Waals surface area (Å²) in [7, 11) is 0. The summed E-state index contributed by atoms with van der Waals surface area (Å²) >= 11 is 3.05. The lowest BCUT2D eigenvalue weighted by Gasteiger charge is -2.27. The molecule has 5 rings (SSSR count). The van der Waals surface area contributed by atoms with Crippen LogP contribution in [-0.4, -0.2) is 11.8 Å². The van der Waals surface area contributed by atoms with E-state index >= 15 is 0 Å². The minimum absolute atomic E-state index is 0.229. The van der Waals surface area contributed by atoms with Gasteiger partial charge in [0.15, 0.2) is 0 Å². The van der Waals surface area contributed by atoms with Crippen LogP contribution in [0, 0.1) is 13.8 Å². The molecule has 0 aromatic heterocycles. The van der Waals surface area contributed by atoms with Gasteiger partial charge in [-0.3, -0.25) is 9.59 Å². The first kappa shape index (κ1) is 19.0. The van der Waals surface area contributed by atoms with Crippen molar-refractivity contribution in [1.82, 2.24) is 0 Å². The molecule has 2 aliphatic rings. The van der Waals surface area contributed by atoms with Gasteiger partial charge in [0.05, 0.1) is 15.6 Å². The van der Waals surface area contributed by atoms with Crippen LogP contribution in [0.25, 0.3) is 0 Å². The van der Waals surface area contributed by atoms with Gasteiger partial charge in [-0.15, -0.1) is 0 Å². The van der Waals surface area contributed by atoms with E-state index in [2.05, 4.69) is 26.0 Å². The Labute approximate surface area is 183 Å². The molecule has 3 aromatic carbocycles. The van der Waals surface area contributed by atoms with Crippen LogP contribution in [0.2, 0.25) is 0 Å². The van der Waals surface area contributed by atoms with E-state index < -0.39 is 0 Å². The maximum absolute atomic E-state index is 13.6. The molecule has 0 N–H and O–H groups in total. The van der Waals surface area contributed by atoms with Crippen molar-refractivity contribution >= 4 is 46.7 Å². The number of carbonyl (C=O) groups is 2. The predicted octanol–water partition coefficient (Wildman–Crippen LogP) is 5.71. The molecular weight excluding hydrogens is 412 g/mol. The Balaban J connectivity index is 1.66. The standard InChI is InChI=1S/C24H18N2O2S2/c1-15-13-14-16(2)21-20(15)29-24(30-21)19-22(27)25(17-9-5-3-6-10-17)26(23(19)28)18-11-7-4-8-12-18/h3-14H,1-2H3. The summed E-state index contributed by atoms with van der Waals surface area (Å²) in [5, 5.41) is 2.95. The third kappa shape index (κ3) is 2.95. The average molecular weight is 431 g/mol. The minimum atomic E-state index is -0.298. The van der Waals surface area contributed by atoms with Gasteiger partial charge in [-0.25, -0.2) is 10.0 Å². The predicted molar refractivity (Wildman–Crippen MR) is 123 cm³/mol. The quantitative estimate of drug-likeness (QED) is 0.386. The van der Waals surface area contributed by atoms with Gasteiger partial charge in [0.2, 0.25) is 0 Å². The number of benzene rings is 3. The lowest BCUT2D eigenvalue weighted by atomic mass is 10.2. The van der Waals surface area contributed by atoms with E-state index in [1.165, 1.54) is 33.5 Å². The number of carbonyl (C=O) groups excluding carboxylic acids is 2. The maximum Gasteiger partial charge on any atom is 0.284 e. The Morgan fingerprint density at radius 2 is 1.00 bits per heavy atom. The number of para-hydroxylation sites is 2. The highest BCUT2D eigenvalue weighted by atomic mass is 32.2. The molecule has 6 heteroatoms. The van der Waals surface area contributed by atoms with Crippen molar-refractivity contribution in [3.05, 3.63) is 93.7 Å². The number of hydrazine groups is 1. The molecule has 0 aliphatic carbocycles. The zero-order valence-corrected chi connectivity index (χ0v) is 18.1. The molecule has 2 amide bonds. The van der Waals surface area contributed by atoms with Gasteiger partial charge >= 0.3 is 0 Å². The Hall–Kier alpha value is -2.96. The van der Waals surface area contributed by atoms with Gasteiger partial charge < -0.3 is 0 Å². The van der Waals surface area contributed by atoms with E-state index in [1.54, 1.807) is 0 Å². The highest BCUT2D eigenvalue weighted by Gasteiger charge is 2.46. The van der Waals surface area contributed by atoms with Crippen LogP contribution in [-0.2, 0) is 9.59 Å². The smallest absolute Gasteiger partial charge is 0.266 e. The number of nitrogens with zero attached hydrogens (tertiary/aromatic N) is 2. The molecular formula is C24H18N2O2S2. The second-order valence-electron chi connectivity index (χ2n) is 7.13. The first-order valence-corrected chi connectivity index (χ1v) is 11.2. The van der Waals surface area contributed by atoms with E-state index in [1.807, 2.05) is 60.7 Å². The van der Waals surface area contributed by atoms with Gasteiger partial charge in [0.25, 0.3) is 11.8 Å². The first-order valence-electron chi connectivity index (χ1n) is 9.55. The van der Waals surface area contributed by atoms with Gasteiger partial charge in [0.1, 0.15) is 5.57 Å². The van der Waals surface area contributed by atoms with Crippen molar-refractivity contribution in [2.24, 2.45) is 0 Å². The summed E-state index contributed by atoms with van der Waals surface area (Å²) < 4.78 is 0.747. The highest BCUT2D eigenvalue weighted by molar-refractivity contribution is 8.24. The van der Waals surface area contributed by atoms with Crippen molar-refractivity contribution in [3.8, 4) is 0 Å². The number of rotatable bonds is 2. The zero-order chi connectivity index (χ0) is 20.8. The van der Waals surface area contributed by atoms with Crippen molar-refractivity contribution in [2.45, 2.75) is 23.6 Å². The fraction of sp³-hybridized carbons (Fsp3) is 0.0833. The van der Waals surface area contributed by atoms with E-state index in [9.17, 15) is 9.59 Å². The third-order valence-corrected chi connectivity index (χ3v) is 7.98. The van der Waals surface area contributed by atoms with Crippen molar-refractivity contribution in [2.75, 3.05) is 10.0 Å². The fourth-order valence-corrected chi connectivity index (χ4v) is 6.39. The molecule has 30 heavy (non-hydrogen) atoms. The van der Waals surface area contributed by atoms with Crippen LogP contribution in [0.1, 0.15) is 11.1 Å². The Bertz CT molecular complexity index is 1110. The summed E-state index contributed by atoms with van der Waals surface area (Å²) in [6, 6.07) is 22.8. The Kier molecular flexibility index (Phi) is 4.68. The highest BCUT2D eigenvalue weighted by Crippen LogP contribution is 2.55. The lowest BCUT2D eigenvalue weighted by Crippen LogP contribution is -2.41. The number of thioether (sulfide) groups is 2. The Morgan fingerprint density at radius 1 is 0.600 bits per heavy atom. The second-order valence-corrected chi connectivity index (χ2v) is 9.43. The molecule has 148 valence electrons. The molecule has 2 aliphatic heterocycles. The van der Waals surface area contributed by atoms with Crippen molar-refractivity contribution < 1.29 is 9.59 Å². The molecule has 0 saturated carbocycles. The Morgan fingerprint density at radius 3 is 1.40 bits per heavy atom. The van der Waals surface area contributed by atoms with Crippen LogP contribution >= 0.6 is 23.5 Å². The maximum atomic E-state index is 13.6. The number of amides is 2. The number of anilines is 2. The molecule has 0 bridgehead atoms. The second kappa shape index (κ2) is 7.38. The molecule has 1 fully saturated rings. The minimum Gasteiger partial charge on any atom is -0.266 e. The molecule has 0 spiro atoms. The lowest BCUT2D eigenvalue weighted by molar-refractivity contribution is -0.116. The molecule has 2 heterocycles. The SMILES string of the molecule is Cc1ccc(C)c2c1SC(=C1C(=O)N(c3ccccc3)N(c3ccccc3)C1=O)S2. The van der Waals surface area contributed by atoms with E-state index in [0.29, 0.717) is 11.4 Å². The number of fused-ring (bicyclic) bond motifs is 1. The summed E-state index contributed by atoms with van der Waals surface area (Å²) in [5.74, 6) is -0.596. The number of aryl methyl sites for hydroxylation is 2. The van der Waals surface area contributed by atoms with Crippen LogP contribution in [0.15, 0.2) is 92.4 Å². The third-order valence-electron chi connectivity index (χ3n) is 5.11. The van der Waals surface area contributed by atoms with Gasteiger partial charge in [-0.05, 0) is 49.2 Å². The van der Waals surface area contributed by atoms with Crippen LogP contribution < -0.4 is 10.0 Å². The molecule has 0 radical (unpaired) electrons. The number of hydrogen-bond donors (Lipinski definition) is 0. The molecule has 3 aromatic rings. The van der Waals surface area contributed by atoms with Gasteiger partial charge in [0, 0.05) is 9.79 Å². The monoisotopic (exact) mass is 430 g/mol. The fourth-order valence-electron chi connectivity index (χ4n) is 3.58. The molecule has 0 atom stereocenters.